The van der Waals surface area contributed by atoms with Crippen molar-refractivity contribution in [2.24, 2.45) is 0 Å². The molecule has 19 heavy (non-hydrogen) atoms. The number of nitrogens with one attached hydrogen (secondary N) is 1. The third-order valence-corrected chi connectivity index (χ3v) is 3.71. The van der Waals surface area contributed by atoms with Crippen molar-refractivity contribution in [1.29, 1.82) is 0 Å². The molecule has 0 unspecified atom stereocenters. The number of aromatic nitrogens is 2. The molecule has 5 nitrogen and oxygen atoms in total. The number of hydrogen-bond acceptors (Lipinski definition) is 5. The highest BCUT2D eigenvalue weighted by Crippen LogP contribution is 2.31. The largest absolute Gasteiger partial charge is 0.395 e. The molecule has 0 aromatic carbocycles. The van der Waals surface area contributed by atoms with Gasteiger partial charge in [-0.3, -0.25) is 0 Å². The summed E-state index contributed by atoms with van der Waals surface area (Å²) in [5.41, 5.74) is 0. The van der Waals surface area contributed by atoms with E-state index in [0.717, 1.165) is 25.2 Å². The zero-order valence-corrected chi connectivity index (χ0v) is 12.0. The van der Waals surface area contributed by atoms with E-state index in [1.165, 1.54) is 12.8 Å². The predicted molar refractivity (Wildman–Crippen MR) is 77.9 cm³/mol. The summed E-state index contributed by atoms with van der Waals surface area (Å²) in [7, 11) is 0. The molecule has 6 heteroatoms. The summed E-state index contributed by atoms with van der Waals surface area (Å²) in [4.78, 5) is 10.8. The van der Waals surface area contributed by atoms with Crippen LogP contribution in [0.25, 0.3) is 0 Å². The lowest BCUT2D eigenvalue weighted by Gasteiger charge is -2.30. The normalized spacial score (nSPS) is 15.7. The Balaban J connectivity index is 2.25. The van der Waals surface area contributed by atoms with Crippen LogP contribution in [0.4, 0.5) is 11.8 Å². The van der Waals surface area contributed by atoms with Crippen LogP contribution in [0.1, 0.15) is 32.6 Å². The van der Waals surface area contributed by atoms with Crippen LogP contribution in [0, 0.1) is 0 Å². The van der Waals surface area contributed by atoms with Crippen LogP contribution in [-0.2, 0) is 0 Å². The quantitative estimate of drug-likeness (QED) is 0.839. The summed E-state index contributed by atoms with van der Waals surface area (Å²) in [6.45, 7) is 3.44. The monoisotopic (exact) mass is 284 g/mol. The van der Waals surface area contributed by atoms with Crippen molar-refractivity contribution in [2.45, 2.75) is 38.6 Å². The van der Waals surface area contributed by atoms with Gasteiger partial charge in [-0.1, -0.05) is 24.4 Å². The Morgan fingerprint density at radius 3 is 2.84 bits per heavy atom. The number of nitrogens with zero attached hydrogens (tertiary/aromatic N) is 3. The average molecular weight is 285 g/mol. The lowest BCUT2D eigenvalue weighted by atomic mass is 10.2. The SMILES string of the molecule is CCNc1ncc(Cl)c(N(CCO)C2CCCC2)n1. The summed E-state index contributed by atoms with van der Waals surface area (Å²) in [6.07, 6.45) is 6.36. The Labute approximate surface area is 119 Å². The Morgan fingerprint density at radius 2 is 2.21 bits per heavy atom. The second-order valence-electron chi connectivity index (χ2n) is 4.75. The van der Waals surface area contributed by atoms with E-state index >= 15 is 0 Å². The van der Waals surface area contributed by atoms with Gasteiger partial charge in [-0.2, -0.15) is 4.98 Å². The fourth-order valence-corrected chi connectivity index (χ4v) is 2.79. The molecule has 1 aromatic rings. The van der Waals surface area contributed by atoms with Gasteiger partial charge in [0, 0.05) is 19.1 Å². The highest BCUT2D eigenvalue weighted by atomic mass is 35.5. The fraction of sp³-hybridized carbons (Fsp3) is 0.692. The Hall–Kier alpha value is -1.07. The second kappa shape index (κ2) is 6.91. The maximum absolute atomic E-state index is 9.28. The van der Waals surface area contributed by atoms with Gasteiger partial charge in [-0.25, -0.2) is 4.98 Å². The molecule has 1 aromatic heterocycles. The maximum Gasteiger partial charge on any atom is 0.224 e. The number of aliphatic hydroxyl groups is 1. The molecular weight excluding hydrogens is 264 g/mol. The van der Waals surface area contributed by atoms with Crippen molar-refractivity contribution in [3.8, 4) is 0 Å². The van der Waals surface area contributed by atoms with Crippen molar-refractivity contribution in [3.63, 3.8) is 0 Å². The molecule has 1 saturated carbocycles. The van der Waals surface area contributed by atoms with E-state index in [-0.39, 0.29) is 6.61 Å². The van der Waals surface area contributed by atoms with Gasteiger partial charge in [0.05, 0.1) is 12.8 Å². The zero-order chi connectivity index (χ0) is 13.7. The van der Waals surface area contributed by atoms with Gasteiger partial charge in [-0.05, 0) is 19.8 Å². The lowest BCUT2D eigenvalue weighted by molar-refractivity contribution is 0.297. The molecule has 2 rings (SSSR count). The Kier molecular flexibility index (Phi) is 5.22. The number of aliphatic hydroxyl groups excluding tert-OH is 1. The topological polar surface area (TPSA) is 61.3 Å². The van der Waals surface area contributed by atoms with Crippen molar-refractivity contribution >= 4 is 23.4 Å². The second-order valence-corrected chi connectivity index (χ2v) is 5.16. The average Bonchev–Trinajstić information content (AvgIpc) is 2.93. The first-order valence-corrected chi connectivity index (χ1v) is 7.28. The van der Waals surface area contributed by atoms with Crippen LogP contribution in [0.5, 0.6) is 0 Å². The summed E-state index contributed by atoms with van der Waals surface area (Å²) < 4.78 is 0. The molecule has 0 spiro atoms. The number of rotatable bonds is 6. The summed E-state index contributed by atoms with van der Waals surface area (Å²) in [5, 5.41) is 12.9. The first-order valence-electron chi connectivity index (χ1n) is 6.90. The molecule has 1 aliphatic carbocycles. The van der Waals surface area contributed by atoms with E-state index in [4.69, 9.17) is 11.6 Å². The highest BCUT2D eigenvalue weighted by Gasteiger charge is 2.25. The standard InChI is InChI=1S/C13H21ClN4O/c1-2-15-13-16-9-11(14)12(17-13)18(7-8-19)10-5-3-4-6-10/h9-10,19H,2-8H2,1H3,(H,15,16,17). The van der Waals surface area contributed by atoms with Crippen molar-refractivity contribution in [1.82, 2.24) is 9.97 Å². The molecule has 0 amide bonds. The fourth-order valence-electron chi connectivity index (χ4n) is 2.59. The molecule has 1 aliphatic rings. The van der Waals surface area contributed by atoms with Crippen molar-refractivity contribution in [3.05, 3.63) is 11.2 Å². The first kappa shape index (κ1) is 14.3. The van der Waals surface area contributed by atoms with Gasteiger partial charge >= 0.3 is 0 Å². The minimum Gasteiger partial charge on any atom is -0.395 e. The van der Waals surface area contributed by atoms with E-state index < -0.39 is 0 Å². The molecule has 106 valence electrons. The van der Waals surface area contributed by atoms with Crippen LogP contribution in [0.15, 0.2) is 6.20 Å². The van der Waals surface area contributed by atoms with E-state index in [1.54, 1.807) is 6.20 Å². The minimum atomic E-state index is 0.105. The first-order chi connectivity index (χ1) is 9.26. The summed E-state index contributed by atoms with van der Waals surface area (Å²) in [5.74, 6) is 1.32. The minimum absolute atomic E-state index is 0.105. The van der Waals surface area contributed by atoms with Crippen molar-refractivity contribution < 1.29 is 5.11 Å². The van der Waals surface area contributed by atoms with Crippen LogP contribution in [-0.4, -0.2) is 40.8 Å². The van der Waals surface area contributed by atoms with Gasteiger partial charge in [-0.15, -0.1) is 0 Å². The number of hydrogen-bond donors (Lipinski definition) is 2. The number of halogens is 1. The van der Waals surface area contributed by atoms with Gasteiger partial charge in [0.15, 0.2) is 5.82 Å². The van der Waals surface area contributed by atoms with Crippen LogP contribution >= 0.6 is 11.6 Å². The van der Waals surface area contributed by atoms with Crippen molar-refractivity contribution in [2.75, 3.05) is 29.9 Å². The van der Waals surface area contributed by atoms with Gasteiger partial charge in [0.2, 0.25) is 5.95 Å². The summed E-state index contributed by atoms with van der Waals surface area (Å²) >= 11 is 6.23. The van der Waals surface area contributed by atoms with E-state index in [1.807, 2.05) is 6.92 Å². The zero-order valence-electron chi connectivity index (χ0n) is 11.3. The molecule has 2 N–H and O–H groups in total. The van der Waals surface area contributed by atoms with Crippen LogP contribution in [0.2, 0.25) is 5.02 Å². The van der Waals surface area contributed by atoms with Gasteiger partial charge in [0.1, 0.15) is 5.02 Å². The Morgan fingerprint density at radius 1 is 1.47 bits per heavy atom. The van der Waals surface area contributed by atoms with Gasteiger partial charge < -0.3 is 15.3 Å². The molecule has 0 radical (unpaired) electrons. The third kappa shape index (κ3) is 3.48. The van der Waals surface area contributed by atoms with Crippen LogP contribution in [0.3, 0.4) is 0 Å². The molecule has 1 fully saturated rings. The predicted octanol–water partition coefficient (Wildman–Crippen LogP) is 2.30. The van der Waals surface area contributed by atoms with Gasteiger partial charge in [0.25, 0.3) is 0 Å². The van der Waals surface area contributed by atoms with E-state index in [0.29, 0.717) is 23.6 Å². The maximum atomic E-state index is 9.28. The Bertz CT molecular complexity index is 410. The molecular formula is C13H21ClN4O. The molecule has 0 aliphatic heterocycles. The smallest absolute Gasteiger partial charge is 0.224 e. The number of anilines is 2. The molecule has 0 saturated heterocycles. The molecule has 1 heterocycles. The summed E-state index contributed by atoms with van der Waals surface area (Å²) in [6, 6.07) is 0.425. The molecule has 0 bridgehead atoms. The van der Waals surface area contributed by atoms with E-state index in [2.05, 4.69) is 20.2 Å². The molecule has 0 atom stereocenters. The lowest BCUT2D eigenvalue weighted by Crippen LogP contribution is -2.36. The van der Waals surface area contributed by atoms with Crippen LogP contribution < -0.4 is 10.2 Å². The highest BCUT2D eigenvalue weighted by molar-refractivity contribution is 6.32. The third-order valence-electron chi connectivity index (χ3n) is 3.44. The van der Waals surface area contributed by atoms with E-state index in [9.17, 15) is 5.11 Å².